The summed E-state index contributed by atoms with van der Waals surface area (Å²) in [4.78, 5) is 18.9. The summed E-state index contributed by atoms with van der Waals surface area (Å²) in [5.74, 6) is 1.05. The molecule has 0 saturated carbocycles. The summed E-state index contributed by atoms with van der Waals surface area (Å²) in [5.41, 5.74) is 0.727. The fourth-order valence-electron chi connectivity index (χ4n) is 2.55. The molecule has 21 heavy (non-hydrogen) atoms. The Bertz CT molecular complexity index is 670. The zero-order valence-electron chi connectivity index (χ0n) is 11.7. The van der Waals surface area contributed by atoms with Crippen LogP contribution in [0.1, 0.15) is 13.3 Å². The van der Waals surface area contributed by atoms with Gasteiger partial charge in [-0.05, 0) is 19.4 Å². The molecule has 2 heterocycles. The molecule has 2 atom stereocenters. The number of fused-ring (bicyclic) bond motifs is 1. The first kappa shape index (κ1) is 13.7. The Morgan fingerprint density at radius 1 is 1.48 bits per heavy atom. The fraction of sp³-hybridized carbons (Fsp3) is 0.429. The summed E-state index contributed by atoms with van der Waals surface area (Å²) in [6.45, 7) is 3.59. The first-order chi connectivity index (χ1) is 10.1. The molecule has 0 spiro atoms. The van der Waals surface area contributed by atoms with E-state index in [2.05, 4.69) is 22.2 Å². The molecule has 7 heteroatoms. The molecular weight excluding hydrogens is 272 g/mol. The Morgan fingerprint density at radius 2 is 2.33 bits per heavy atom. The lowest BCUT2D eigenvalue weighted by Crippen LogP contribution is -2.26. The van der Waals surface area contributed by atoms with Crippen molar-refractivity contribution >= 4 is 22.4 Å². The molecule has 0 amide bonds. The minimum Gasteiger partial charge on any atom is -0.381 e. The van der Waals surface area contributed by atoms with E-state index < -0.39 is 4.92 Å². The Hall–Kier alpha value is -2.28. The van der Waals surface area contributed by atoms with Crippen LogP contribution >= 0.6 is 0 Å². The predicted octanol–water partition coefficient (Wildman–Crippen LogP) is 2.37. The van der Waals surface area contributed by atoms with Gasteiger partial charge in [0, 0.05) is 36.1 Å². The second-order valence-electron chi connectivity index (χ2n) is 5.24. The van der Waals surface area contributed by atoms with Gasteiger partial charge in [0.25, 0.3) is 5.69 Å². The van der Waals surface area contributed by atoms with E-state index in [-0.39, 0.29) is 11.7 Å². The average Bonchev–Trinajstić information content (AvgIpc) is 3.01. The maximum absolute atomic E-state index is 10.9. The van der Waals surface area contributed by atoms with Gasteiger partial charge in [-0.1, -0.05) is 0 Å². The van der Waals surface area contributed by atoms with Gasteiger partial charge in [-0.25, -0.2) is 9.97 Å². The molecule has 1 aliphatic heterocycles. The van der Waals surface area contributed by atoms with Gasteiger partial charge in [-0.3, -0.25) is 10.1 Å². The van der Waals surface area contributed by atoms with Crippen molar-refractivity contribution in [3.05, 3.63) is 34.6 Å². The number of hydrogen-bond acceptors (Lipinski definition) is 6. The lowest BCUT2D eigenvalue weighted by molar-refractivity contribution is -0.384. The van der Waals surface area contributed by atoms with Gasteiger partial charge in [-0.15, -0.1) is 0 Å². The van der Waals surface area contributed by atoms with Gasteiger partial charge in [0.05, 0.1) is 17.0 Å². The SMILES string of the molecule is CC(Nc1ncnc2ccc([N+](=O)[O-])cc12)C1CCOC1. The summed E-state index contributed by atoms with van der Waals surface area (Å²) in [5, 5.41) is 14.9. The van der Waals surface area contributed by atoms with Crippen LogP contribution in [0.4, 0.5) is 11.5 Å². The highest BCUT2D eigenvalue weighted by molar-refractivity contribution is 5.90. The number of nitro benzene ring substituents is 1. The third-order valence-corrected chi connectivity index (χ3v) is 3.87. The van der Waals surface area contributed by atoms with E-state index >= 15 is 0 Å². The van der Waals surface area contributed by atoms with Crippen molar-refractivity contribution in [3.8, 4) is 0 Å². The van der Waals surface area contributed by atoms with Crippen LogP contribution in [0.15, 0.2) is 24.5 Å². The molecule has 1 aromatic heterocycles. The van der Waals surface area contributed by atoms with Crippen LogP contribution in [-0.2, 0) is 4.74 Å². The van der Waals surface area contributed by atoms with Gasteiger partial charge in [0.2, 0.25) is 0 Å². The number of ether oxygens (including phenoxy) is 1. The van der Waals surface area contributed by atoms with E-state index in [9.17, 15) is 10.1 Å². The topological polar surface area (TPSA) is 90.2 Å². The number of aromatic nitrogens is 2. The number of nitrogens with zero attached hydrogens (tertiary/aromatic N) is 3. The largest absolute Gasteiger partial charge is 0.381 e. The molecule has 0 bridgehead atoms. The molecular formula is C14H16N4O3. The van der Waals surface area contributed by atoms with E-state index in [0.717, 1.165) is 19.6 Å². The van der Waals surface area contributed by atoms with Crippen LogP contribution in [-0.4, -0.2) is 34.1 Å². The molecule has 3 rings (SSSR count). The summed E-state index contributed by atoms with van der Waals surface area (Å²) in [6, 6.07) is 4.79. The molecule has 0 radical (unpaired) electrons. The Morgan fingerprint density at radius 3 is 3.05 bits per heavy atom. The van der Waals surface area contributed by atoms with Crippen LogP contribution in [0.2, 0.25) is 0 Å². The van der Waals surface area contributed by atoms with Crippen molar-refractivity contribution in [2.24, 2.45) is 5.92 Å². The van der Waals surface area contributed by atoms with Gasteiger partial charge in [-0.2, -0.15) is 0 Å². The number of hydrogen-bond donors (Lipinski definition) is 1. The van der Waals surface area contributed by atoms with E-state index in [4.69, 9.17) is 4.74 Å². The van der Waals surface area contributed by atoms with Crippen molar-refractivity contribution < 1.29 is 9.66 Å². The van der Waals surface area contributed by atoms with Crippen LogP contribution in [0.5, 0.6) is 0 Å². The smallest absolute Gasteiger partial charge is 0.270 e. The normalized spacial score (nSPS) is 19.6. The van der Waals surface area contributed by atoms with Gasteiger partial charge in [0.1, 0.15) is 12.1 Å². The monoisotopic (exact) mass is 288 g/mol. The van der Waals surface area contributed by atoms with Crippen LogP contribution < -0.4 is 5.32 Å². The van der Waals surface area contributed by atoms with Crippen LogP contribution in [0.3, 0.4) is 0 Å². The molecule has 7 nitrogen and oxygen atoms in total. The summed E-state index contributed by atoms with van der Waals surface area (Å²) < 4.78 is 5.39. The number of benzene rings is 1. The van der Waals surface area contributed by atoms with Gasteiger partial charge in [0.15, 0.2) is 0 Å². The first-order valence-corrected chi connectivity index (χ1v) is 6.88. The standard InChI is InChI=1S/C14H16N4O3/c1-9(10-4-5-21-7-10)17-14-12-6-11(18(19)20)2-3-13(12)15-8-16-14/h2-3,6,8-10H,4-5,7H2,1H3,(H,15,16,17). The number of nitrogens with one attached hydrogen (secondary N) is 1. The molecule has 1 saturated heterocycles. The first-order valence-electron chi connectivity index (χ1n) is 6.88. The predicted molar refractivity (Wildman–Crippen MR) is 78.2 cm³/mol. The van der Waals surface area contributed by atoms with Gasteiger partial charge < -0.3 is 10.1 Å². The highest BCUT2D eigenvalue weighted by Crippen LogP contribution is 2.26. The molecule has 1 aliphatic rings. The highest BCUT2D eigenvalue weighted by atomic mass is 16.6. The van der Waals surface area contributed by atoms with E-state index in [1.807, 2.05) is 0 Å². The molecule has 110 valence electrons. The quantitative estimate of drug-likeness (QED) is 0.686. The summed E-state index contributed by atoms with van der Waals surface area (Å²) >= 11 is 0. The molecule has 2 unspecified atom stereocenters. The zero-order chi connectivity index (χ0) is 14.8. The van der Waals surface area contributed by atoms with E-state index in [1.165, 1.54) is 18.5 Å². The van der Waals surface area contributed by atoms with Crippen LogP contribution in [0, 0.1) is 16.0 Å². The van der Waals surface area contributed by atoms with Crippen molar-refractivity contribution in [3.63, 3.8) is 0 Å². The van der Waals surface area contributed by atoms with E-state index in [1.54, 1.807) is 6.07 Å². The highest BCUT2D eigenvalue weighted by Gasteiger charge is 2.23. The Balaban J connectivity index is 1.93. The van der Waals surface area contributed by atoms with Crippen molar-refractivity contribution in [2.75, 3.05) is 18.5 Å². The number of non-ortho nitro benzene ring substituents is 1. The number of nitro groups is 1. The number of anilines is 1. The minimum atomic E-state index is -0.412. The maximum atomic E-state index is 10.9. The third-order valence-electron chi connectivity index (χ3n) is 3.87. The zero-order valence-corrected chi connectivity index (χ0v) is 11.7. The minimum absolute atomic E-state index is 0.0391. The molecule has 0 aliphatic carbocycles. The Labute approximate surface area is 121 Å². The Kier molecular flexibility index (Phi) is 3.66. The average molecular weight is 288 g/mol. The maximum Gasteiger partial charge on any atom is 0.270 e. The second-order valence-corrected chi connectivity index (χ2v) is 5.24. The van der Waals surface area contributed by atoms with E-state index in [0.29, 0.717) is 22.6 Å². The van der Waals surface area contributed by atoms with Gasteiger partial charge >= 0.3 is 0 Å². The molecule has 1 aromatic carbocycles. The second kappa shape index (κ2) is 5.61. The van der Waals surface area contributed by atoms with Crippen molar-refractivity contribution in [1.29, 1.82) is 0 Å². The molecule has 1 fully saturated rings. The fourth-order valence-corrected chi connectivity index (χ4v) is 2.55. The van der Waals surface area contributed by atoms with Crippen molar-refractivity contribution in [2.45, 2.75) is 19.4 Å². The van der Waals surface area contributed by atoms with Crippen LogP contribution in [0.25, 0.3) is 10.9 Å². The number of rotatable bonds is 4. The summed E-state index contributed by atoms with van der Waals surface area (Å²) in [7, 11) is 0. The molecule has 2 aromatic rings. The van der Waals surface area contributed by atoms with Crippen molar-refractivity contribution in [1.82, 2.24) is 9.97 Å². The summed E-state index contributed by atoms with van der Waals surface area (Å²) in [6.07, 6.45) is 2.48. The third kappa shape index (κ3) is 2.78. The molecule has 1 N–H and O–H groups in total. The lowest BCUT2D eigenvalue weighted by Gasteiger charge is -2.20. The lowest BCUT2D eigenvalue weighted by atomic mass is 10.0.